The van der Waals surface area contributed by atoms with Crippen LogP contribution in [0.2, 0.25) is 10.0 Å². The van der Waals surface area contributed by atoms with E-state index < -0.39 is 0 Å². The molecule has 0 aromatic heterocycles. The Morgan fingerprint density at radius 3 is 2.56 bits per heavy atom. The maximum atomic E-state index is 12.1. The summed E-state index contributed by atoms with van der Waals surface area (Å²) in [6, 6.07) is 10.2. The summed E-state index contributed by atoms with van der Waals surface area (Å²) in [7, 11) is 1.50. The number of nitrogens with zero attached hydrogens (tertiary/aromatic N) is 1. The first-order chi connectivity index (χ1) is 12.1. The maximum absolute atomic E-state index is 12.1. The molecule has 5 nitrogen and oxygen atoms in total. The van der Waals surface area contributed by atoms with Gasteiger partial charge in [0.1, 0.15) is 5.75 Å². The predicted molar refractivity (Wildman–Crippen MR) is 100 cm³/mol. The van der Waals surface area contributed by atoms with Crippen LogP contribution in [0, 0.1) is 0 Å². The summed E-state index contributed by atoms with van der Waals surface area (Å²) in [5.41, 5.74) is 3.47. The molecule has 0 aliphatic rings. The van der Waals surface area contributed by atoms with E-state index in [0.29, 0.717) is 39.3 Å². The summed E-state index contributed by atoms with van der Waals surface area (Å²) in [5, 5.41) is 4.70. The molecule has 0 spiro atoms. The van der Waals surface area contributed by atoms with Gasteiger partial charge in [-0.1, -0.05) is 42.3 Å². The van der Waals surface area contributed by atoms with Crippen molar-refractivity contribution in [3.05, 3.63) is 57.6 Å². The molecule has 0 fully saturated rings. The van der Waals surface area contributed by atoms with Crippen LogP contribution >= 0.6 is 23.2 Å². The number of halogens is 2. The van der Waals surface area contributed by atoms with E-state index in [-0.39, 0.29) is 5.91 Å². The van der Waals surface area contributed by atoms with Gasteiger partial charge in [0.15, 0.2) is 5.75 Å². The summed E-state index contributed by atoms with van der Waals surface area (Å²) in [6.07, 6.45) is 2.31. The lowest BCUT2D eigenvalue weighted by Gasteiger charge is -2.09. The van der Waals surface area contributed by atoms with Crippen LogP contribution in [0.4, 0.5) is 0 Å². The standard InChI is InChI=1S/C18H18Cl2N2O3/c1-3-8-25-17-14(19)9-12(10-15(17)20)11-21-22-18(23)13-6-4-5-7-16(13)24-2/h4-7,9-11H,3,8H2,1-2H3,(H,22,23)/b21-11+. The van der Waals surface area contributed by atoms with Gasteiger partial charge in [-0.25, -0.2) is 5.43 Å². The zero-order valence-corrected chi connectivity index (χ0v) is 15.4. The smallest absolute Gasteiger partial charge is 0.275 e. The molecule has 7 heteroatoms. The van der Waals surface area contributed by atoms with Gasteiger partial charge in [-0.2, -0.15) is 5.10 Å². The van der Waals surface area contributed by atoms with Crippen LogP contribution in [0.5, 0.6) is 11.5 Å². The Kier molecular flexibility index (Phi) is 7.10. The number of rotatable bonds is 7. The van der Waals surface area contributed by atoms with Crippen molar-refractivity contribution in [3.63, 3.8) is 0 Å². The topological polar surface area (TPSA) is 59.9 Å². The van der Waals surface area contributed by atoms with E-state index in [1.807, 2.05) is 6.92 Å². The third kappa shape index (κ3) is 5.11. The highest BCUT2D eigenvalue weighted by atomic mass is 35.5. The van der Waals surface area contributed by atoms with Crippen molar-refractivity contribution in [1.82, 2.24) is 5.43 Å². The second-order valence-electron chi connectivity index (χ2n) is 5.06. The predicted octanol–water partition coefficient (Wildman–Crippen LogP) is 4.55. The number of para-hydroxylation sites is 1. The zero-order chi connectivity index (χ0) is 18.2. The summed E-state index contributed by atoms with van der Waals surface area (Å²) in [6.45, 7) is 2.52. The van der Waals surface area contributed by atoms with Crippen molar-refractivity contribution in [3.8, 4) is 11.5 Å². The molecule has 0 aliphatic heterocycles. The number of hydrazone groups is 1. The molecule has 0 saturated heterocycles. The van der Waals surface area contributed by atoms with Crippen LogP contribution in [0.3, 0.4) is 0 Å². The fourth-order valence-electron chi connectivity index (χ4n) is 2.05. The van der Waals surface area contributed by atoms with Crippen LogP contribution in [0.15, 0.2) is 41.5 Å². The monoisotopic (exact) mass is 380 g/mol. The Morgan fingerprint density at radius 1 is 1.24 bits per heavy atom. The molecular formula is C18H18Cl2N2O3. The quantitative estimate of drug-likeness (QED) is 0.565. The Hall–Kier alpha value is -2.24. The Labute approximate surface area is 156 Å². The molecule has 1 N–H and O–H groups in total. The number of hydrogen-bond acceptors (Lipinski definition) is 4. The van der Waals surface area contributed by atoms with Gasteiger partial charge in [-0.15, -0.1) is 0 Å². The molecule has 25 heavy (non-hydrogen) atoms. The van der Waals surface area contributed by atoms with Crippen molar-refractivity contribution in [2.75, 3.05) is 13.7 Å². The summed E-state index contributed by atoms with van der Waals surface area (Å²) in [4.78, 5) is 12.1. The minimum absolute atomic E-state index is 0.381. The molecule has 0 heterocycles. The average molecular weight is 381 g/mol. The normalized spacial score (nSPS) is 10.7. The lowest BCUT2D eigenvalue weighted by molar-refractivity contribution is 0.0952. The van der Waals surface area contributed by atoms with E-state index in [4.69, 9.17) is 32.7 Å². The number of methoxy groups -OCH3 is 1. The number of amides is 1. The third-order valence-electron chi connectivity index (χ3n) is 3.20. The Bertz CT molecular complexity index is 756. The van der Waals surface area contributed by atoms with Crippen LogP contribution in [-0.4, -0.2) is 25.8 Å². The minimum atomic E-state index is -0.381. The molecule has 0 aliphatic carbocycles. The first kappa shape index (κ1) is 19.1. The van der Waals surface area contributed by atoms with Crippen LogP contribution in [0.25, 0.3) is 0 Å². The lowest BCUT2D eigenvalue weighted by Crippen LogP contribution is -2.18. The first-order valence-electron chi connectivity index (χ1n) is 7.65. The van der Waals surface area contributed by atoms with Crippen molar-refractivity contribution in [1.29, 1.82) is 0 Å². The molecule has 2 aromatic rings. The largest absolute Gasteiger partial charge is 0.496 e. The highest BCUT2D eigenvalue weighted by Crippen LogP contribution is 2.33. The average Bonchev–Trinajstić information content (AvgIpc) is 2.61. The molecule has 0 atom stereocenters. The number of hydrogen-bond donors (Lipinski definition) is 1. The maximum Gasteiger partial charge on any atom is 0.275 e. The van der Waals surface area contributed by atoms with E-state index in [1.54, 1.807) is 36.4 Å². The highest BCUT2D eigenvalue weighted by molar-refractivity contribution is 6.37. The van der Waals surface area contributed by atoms with Gasteiger partial charge in [0.25, 0.3) is 5.91 Å². The SMILES string of the molecule is CCCOc1c(Cl)cc(/C=N/NC(=O)c2ccccc2OC)cc1Cl. The van der Waals surface area contributed by atoms with Crippen molar-refractivity contribution < 1.29 is 14.3 Å². The minimum Gasteiger partial charge on any atom is -0.496 e. The Balaban J connectivity index is 2.08. The number of carbonyl (C=O) groups excluding carboxylic acids is 1. The first-order valence-corrected chi connectivity index (χ1v) is 8.40. The van der Waals surface area contributed by atoms with Crippen LogP contribution < -0.4 is 14.9 Å². The molecular weight excluding hydrogens is 363 g/mol. The molecule has 0 radical (unpaired) electrons. The molecule has 132 valence electrons. The van der Waals surface area contributed by atoms with Gasteiger partial charge in [0, 0.05) is 0 Å². The number of carbonyl (C=O) groups is 1. The molecule has 0 saturated carbocycles. The molecule has 1 amide bonds. The van der Waals surface area contributed by atoms with E-state index in [9.17, 15) is 4.79 Å². The lowest BCUT2D eigenvalue weighted by atomic mass is 10.2. The fourth-order valence-corrected chi connectivity index (χ4v) is 2.67. The summed E-state index contributed by atoms with van der Waals surface area (Å²) < 4.78 is 10.7. The van der Waals surface area contributed by atoms with E-state index in [0.717, 1.165) is 6.42 Å². The molecule has 2 rings (SSSR count). The van der Waals surface area contributed by atoms with Gasteiger partial charge >= 0.3 is 0 Å². The van der Waals surface area contributed by atoms with Gasteiger partial charge in [-0.05, 0) is 36.2 Å². The zero-order valence-electron chi connectivity index (χ0n) is 13.9. The van der Waals surface area contributed by atoms with Crippen LogP contribution in [0.1, 0.15) is 29.3 Å². The molecule has 0 unspecified atom stereocenters. The number of benzene rings is 2. The second-order valence-corrected chi connectivity index (χ2v) is 5.88. The summed E-state index contributed by atoms with van der Waals surface area (Å²) in [5.74, 6) is 0.535. The number of ether oxygens (including phenoxy) is 2. The Morgan fingerprint density at radius 2 is 1.92 bits per heavy atom. The second kappa shape index (κ2) is 9.30. The van der Waals surface area contributed by atoms with Gasteiger partial charge in [0.05, 0.1) is 35.5 Å². The van der Waals surface area contributed by atoms with E-state index in [1.165, 1.54) is 13.3 Å². The van der Waals surface area contributed by atoms with Gasteiger partial charge < -0.3 is 9.47 Å². The highest BCUT2D eigenvalue weighted by Gasteiger charge is 2.11. The molecule has 2 aromatic carbocycles. The third-order valence-corrected chi connectivity index (χ3v) is 3.76. The fraction of sp³-hybridized carbons (Fsp3) is 0.222. The van der Waals surface area contributed by atoms with Gasteiger partial charge in [-0.3, -0.25) is 4.79 Å². The van der Waals surface area contributed by atoms with Crippen molar-refractivity contribution >= 4 is 35.3 Å². The van der Waals surface area contributed by atoms with Gasteiger partial charge in [0.2, 0.25) is 0 Å². The van der Waals surface area contributed by atoms with Crippen molar-refractivity contribution in [2.45, 2.75) is 13.3 Å². The van der Waals surface area contributed by atoms with Crippen LogP contribution in [-0.2, 0) is 0 Å². The van der Waals surface area contributed by atoms with Crippen molar-refractivity contribution in [2.24, 2.45) is 5.10 Å². The van der Waals surface area contributed by atoms with E-state index in [2.05, 4.69) is 10.5 Å². The molecule has 0 bridgehead atoms. The number of nitrogens with one attached hydrogen (secondary N) is 1. The summed E-state index contributed by atoms with van der Waals surface area (Å²) >= 11 is 12.3. The van der Waals surface area contributed by atoms with E-state index >= 15 is 0 Å².